The second kappa shape index (κ2) is 5.42. The summed E-state index contributed by atoms with van der Waals surface area (Å²) in [5, 5.41) is 0.0655. The molecule has 0 saturated heterocycles. The maximum atomic E-state index is 13.0. The minimum absolute atomic E-state index is 0.0655. The number of nitrogens with two attached hydrogens (primary N) is 1. The predicted octanol–water partition coefficient (Wildman–Crippen LogP) is 2.83. The summed E-state index contributed by atoms with van der Waals surface area (Å²) < 4.78 is 13.0. The van der Waals surface area contributed by atoms with Crippen LogP contribution in [0.2, 0.25) is 5.02 Å². The normalized spacial score (nSPS) is 12.4. The van der Waals surface area contributed by atoms with E-state index in [1.807, 2.05) is 6.92 Å². The summed E-state index contributed by atoms with van der Waals surface area (Å²) in [5.74, 6) is 0.0688. The summed E-state index contributed by atoms with van der Waals surface area (Å²) in [6, 6.07) is 4.48. The second-order valence-electron chi connectivity index (χ2n) is 4.23. The van der Waals surface area contributed by atoms with Crippen molar-refractivity contribution in [2.75, 3.05) is 0 Å². The van der Waals surface area contributed by atoms with Gasteiger partial charge in [0.05, 0.1) is 5.02 Å². The maximum Gasteiger partial charge on any atom is 0.159 e. The van der Waals surface area contributed by atoms with E-state index < -0.39 is 5.82 Å². The summed E-state index contributed by atoms with van der Waals surface area (Å²) in [4.78, 5) is 8.45. The van der Waals surface area contributed by atoms with Gasteiger partial charge in [-0.25, -0.2) is 14.4 Å². The third-order valence-electron chi connectivity index (χ3n) is 2.44. The van der Waals surface area contributed by atoms with Crippen LogP contribution in [0.1, 0.15) is 12.5 Å². The smallest absolute Gasteiger partial charge is 0.159 e. The largest absolute Gasteiger partial charge is 0.328 e. The van der Waals surface area contributed by atoms with Gasteiger partial charge in [-0.1, -0.05) is 11.6 Å². The fourth-order valence-corrected chi connectivity index (χ4v) is 1.80. The lowest BCUT2D eigenvalue weighted by molar-refractivity contribution is 0.628. The Balaban J connectivity index is 2.25. The highest BCUT2D eigenvalue weighted by Gasteiger charge is 2.06. The van der Waals surface area contributed by atoms with Crippen LogP contribution in [0.4, 0.5) is 4.39 Å². The Kier molecular flexibility index (Phi) is 3.89. The minimum atomic E-state index is -0.450. The lowest BCUT2D eigenvalue weighted by Crippen LogP contribution is -2.18. The van der Waals surface area contributed by atoms with Crippen molar-refractivity contribution in [2.24, 2.45) is 5.73 Å². The molecular weight excluding hydrogens is 253 g/mol. The molecule has 0 amide bonds. The minimum Gasteiger partial charge on any atom is -0.328 e. The fourth-order valence-electron chi connectivity index (χ4n) is 1.62. The van der Waals surface area contributed by atoms with Crippen molar-refractivity contribution >= 4 is 11.6 Å². The summed E-state index contributed by atoms with van der Waals surface area (Å²) in [5.41, 5.74) is 7.36. The van der Waals surface area contributed by atoms with Crippen LogP contribution >= 0.6 is 11.6 Å². The van der Waals surface area contributed by atoms with Crippen LogP contribution in [0.3, 0.4) is 0 Å². The van der Waals surface area contributed by atoms with E-state index in [0.29, 0.717) is 11.4 Å². The second-order valence-corrected chi connectivity index (χ2v) is 4.63. The monoisotopic (exact) mass is 265 g/mol. The van der Waals surface area contributed by atoms with Gasteiger partial charge in [-0.05, 0) is 37.1 Å². The lowest BCUT2D eigenvalue weighted by Gasteiger charge is -2.05. The first kappa shape index (κ1) is 12.9. The number of nitrogens with zero attached hydrogens (tertiary/aromatic N) is 2. The zero-order chi connectivity index (χ0) is 13.1. The van der Waals surface area contributed by atoms with Crippen LogP contribution in [-0.4, -0.2) is 16.0 Å². The quantitative estimate of drug-likeness (QED) is 0.928. The van der Waals surface area contributed by atoms with Gasteiger partial charge in [0.15, 0.2) is 5.82 Å². The molecule has 18 heavy (non-hydrogen) atoms. The Hall–Kier alpha value is -1.52. The Bertz CT molecular complexity index is 540. The highest BCUT2D eigenvalue weighted by molar-refractivity contribution is 6.31. The molecule has 3 nitrogen and oxygen atoms in total. The summed E-state index contributed by atoms with van der Waals surface area (Å²) in [6.45, 7) is 1.92. The van der Waals surface area contributed by atoms with Gasteiger partial charge in [-0.3, -0.25) is 0 Å². The molecule has 0 aliphatic heterocycles. The van der Waals surface area contributed by atoms with Gasteiger partial charge in [0, 0.05) is 24.0 Å². The van der Waals surface area contributed by atoms with Gasteiger partial charge in [0.1, 0.15) is 5.82 Å². The summed E-state index contributed by atoms with van der Waals surface area (Å²) in [6.07, 6.45) is 4.18. The zero-order valence-corrected chi connectivity index (χ0v) is 10.7. The van der Waals surface area contributed by atoms with E-state index >= 15 is 0 Å². The van der Waals surface area contributed by atoms with Gasteiger partial charge in [0.25, 0.3) is 0 Å². The van der Waals surface area contributed by atoms with Crippen molar-refractivity contribution in [2.45, 2.75) is 19.4 Å². The molecule has 1 heterocycles. The Morgan fingerprint density at radius 3 is 2.56 bits per heavy atom. The van der Waals surface area contributed by atoms with E-state index in [-0.39, 0.29) is 11.1 Å². The standard InChI is InChI=1S/C13H13ClFN3/c1-8(16)4-9-6-17-13(18-7-9)10-2-3-12(15)11(14)5-10/h2-3,5-8H,4,16H2,1H3. The average Bonchev–Trinajstić information content (AvgIpc) is 2.33. The molecule has 0 bridgehead atoms. The molecule has 0 spiro atoms. The molecule has 0 radical (unpaired) electrons. The van der Waals surface area contributed by atoms with Crippen LogP contribution < -0.4 is 5.73 Å². The molecule has 2 aromatic rings. The molecule has 2 N–H and O–H groups in total. The van der Waals surface area contributed by atoms with Crippen LogP contribution in [0.25, 0.3) is 11.4 Å². The molecule has 0 saturated carbocycles. The van der Waals surface area contributed by atoms with E-state index in [0.717, 1.165) is 12.0 Å². The van der Waals surface area contributed by atoms with Crippen molar-refractivity contribution < 1.29 is 4.39 Å². The van der Waals surface area contributed by atoms with E-state index in [1.54, 1.807) is 18.5 Å². The number of hydrogen-bond donors (Lipinski definition) is 1. The zero-order valence-electron chi connectivity index (χ0n) is 9.90. The fraction of sp³-hybridized carbons (Fsp3) is 0.231. The van der Waals surface area contributed by atoms with Gasteiger partial charge >= 0.3 is 0 Å². The van der Waals surface area contributed by atoms with Crippen LogP contribution in [-0.2, 0) is 6.42 Å². The molecule has 2 rings (SSSR count). The summed E-state index contributed by atoms with van der Waals surface area (Å²) >= 11 is 5.72. The number of halogens is 2. The lowest BCUT2D eigenvalue weighted by atomic mass is 10.1. The van der Waals surface area contributed by atoms with E-state index in [2.05, 4.69) is 9.97 Å². The Morgan fingerprint density at radius 1 is 1.33 bits per heavy atom. The van der Waals surface area contributed by atoms with E-state index in [1.165, 1.54) is 12.1 Å². The molecule has 0 aliphatic carbocycles. The van der Waals surface area contributed by atoms with E-state index in [9.17, 15) is 4.39 Å². The van der Waals surface area contributed by atoms with Crippen molar-refractivity contribution in [3.63, 3.8) is 0 Å². The molecular formula is C13H13ClFN3. The first-order valence-corrected chi connectivity index (χ1v) is 5.96. The number of hydrogen-bond acceptors (Lipinski definition) is 3. The predicted molar refractivity (Wildman–Crippen MR) is 69.8 cm³/mol. The SMILES string of the molecule is CC(N)Cc1cnc(-c2ccc(F)c(Cl)c2)nc1. The molecule has 5 heteroatoms. The number of rotatable bonds is 3. The van der Waals surface area contributed by atoms with E-state index in [4.69, 9.17) is 17.3 Å². The third kappa shape index (κ3) is 3.03. The third-order valence-corrected chi connectivity index (χ3v) is 2.73. The van der Waals surface area contributed by atoms with Crippen LogP contribution in [0.15, 0.2) is 30.6 Å². The molecule has 1 aromatic heterocycles. The first-order chi connectivity index (χ1) is 8.56. The highest BCUT2D eigenvalue weighted by Crippen LogP contribution is 2.22. The molecule has 1 atom stereocenters. The van der Waals surface area contributed by atoms with Crippen molar-refractivity contribution in [3.8, 4) is 11.4 Å². The topological polar surface area (TPSA) is 51.8 Å². The Morgan fingerprint density at radius 2 is 2.00 bits per heavy atom. The van der Waals surface area contributed by atoms with Crippen LogP contribution in [0.5, 0.6) is 0 Å². The summed E-state index contributed by atoms with van der Waals surface area (Å²) in [7, 11) is 0. The molecule has 1 unspecified atom stereocenters. The number of benzene rings is 1. The Labute approximate surface area is 110 Å². The van der Waals surface area contributed by atoms with Crippen molar-refractivity contribution in [1.29, 1.82) is 0 Å². The average molecular weight is 266 g/mol. The van der Waals surface area contributed by atoms with Crippen molar-refractivity contribution in [3.05, 3.63) is 47.0 Å². The van der Waals surface area contributed by atoms with Crippen LogP contribution in [0, 0.1) is 5.82 Å². The first-order valence-electron chi connectivity index (χ1n) is 5.58. The molecule has 0 fully saturated rings. The van der Waals surface area contributed by atoms with Gasteiger partial charge < -0.3 is 5.73 Å². The molecule has 1 aromatic carbocycles. The van der Waals surface area contributed by atoms with Crippen molar-refractivity contribution in [1.82, 2.24) is 9.97 Å². The molecule has 94 valence electrons. The van der Waals surface area contributed by atoms with Gasteiger partial charge in [-0.15, -0.1) is 0 Å². The highest BCUT2D eigenvalue weighted by atomic mass is 35.5. The number of aromatic nitrogens is 2. The van der Waals surface area contributed by atoms with Gasteiger partial charge in [0.2, 0.25) is 0 Å². The molecule has 0 aliphatic rings. The van der Waals surface area contributed by atoms with Gasteiger partial charge in [-0.2, -0.15) is 0 Å². The maximum absolute atomic E-state index is 13.0.